The van der Waals surface area contributed by atoms with Gasteiger partial charge in [0.2, 0.25) is 0 Å². The molecule has 1 amide bonds. The Morgan fingerprint density at radius 1 is 1.10 bits per heavy atom. The Morgan fingerprint density at radius 2 is 1.76 bits per heavy atom. The van der Waals surface area contributed by atoms with E-state index in [0.29, 0.717) is 12.0 Å². The number of carbonyl (C=O) groups is 2. The van der Waals surface area contributed by atoms with E-state index in [4.69, 9.17) is 4.74 Å². The van der Waals surface area contributed by atoms with Gasteiger partial charge in [0.25, 0.3) is 5.91 Å². The van der Waals surface area contributed by atoms with Gasteiger partial charge in [-0.25, -0.2) is 4.79 Å². The van der Waals surface area contributed by atoms with Gasteiger partial charge in [0, 0.05) is 25.7 Å². The van der Waals surface area contributed by atoms with Gasteiger partial charge in [-0.05, 0) is 54.5 Å². The molecular formula is C23H26N2O4. The van der Waals surface area contributed by atoms with Crippen molar-refractivity contribution in [1.82, 2.24) is 10.2 Å². The number of aliphatic carboxylic acids is 1. The SMILES string of the molecule is COc1ccc(CCN2CCC(NC(=O)C3=C4C=CC(=C3C(=O)O)C4)CC2)cc1. The Labute approximate surface area is 170 Å². The number of piperidine rings is 1. The summed E-state index contributed by atoms with van der Waals surface area (Å²) in [4.78, 5) is 26.7. The molecule has 3 aliphatic rings. The Bertz CT molecular complexity index is 903. The fraction of sp³-hybridized carbons (Fsp3) is 0.391. The number of likely N-dealkylation sites (tertiary alicyclic amines) is 1. The molecule has 2 bridgehead atoms. The van der Waals surface area contributed by atoms with E-state index in [2.05, 4.69) is 22.3 Å². The molecular weight excluding hydrogens is 368 g/mol. The smallest absolute Gasteiger partial charge is 0.336 e. The summed E-state index contributed by atoms with van der Waals surface area (Å²) < 4.78 is 5.19. The van der Waals surface area contributed by atoms with Gasteiger partial charge in [0.15, 0.2) is 0 Å². The second-order valence-electron chi connectivity index (χ2n) is 7.80. The second kappa shape index (κ2) is 8.25. The van der Waals surface area contributed by atoms with E-state index in [1.54, 1.807) is 13.2 Å². The van der Waals surface area contributed by atoms with Crippen LogP contribution in [0.25, 0.3) is 0 Å². The van der Waals surface area contributed by atoms with Gasteiger partial charge < -0.3 is 20.1 Å². The molecule has 1 saturated heterocycles. The lowest BCUT2D eigenvalue weighted by molar-refractivity contribution is -0.133. The zero-order valence-corrected chi connectivity index (χ0v) is 16.6. The minimum Gasteiger partial charge on any atom is -0.497 e. The number of carboxylic acid groups (broad SMARTS) is 1. The molecule has 2 N–H and O–H groups in total. The molecule has 0 saturated carbocycles. The van der Waals surface area contributed by atoms with Crippen LogP contribution in [0.5, 0.6) is 5.75 Å². The second-order valence-corrected chi connectivity index (χ2v) is 7.80. The highest BCUT2D eigenvalue weighted by atomic mass is 16.5. The predicted octanol–water partition coefficient (Wildman–Crippen LogP) is 2.47. The highest BCUT2D eigenvalue weighted by Gasteiger charge is 2.35. The molecule has 29 heavy (non-hydrogen) atoms. The molecule has 6 nitrogen and oxygen atoms in total. The number of rotatable bonds is 7. The average molecular weight is 394 g/mol. The van der Waals surface area contributed by atoms with Crippen LogP contribution in [0.15, 0.2) is 58.7 Å². The molecule has 1 fully saturated rings. The molecule has 152 valence electrons. The van der Waals surface area contributed by atoms with Crippen molar-refractivity contribution in [2.24, 2.45) is 0 Å². The predicted molar refractivity (Wildman–Crippen MR) is 110 cm³/mol. The van der Waals surface area contributed by atoms with Crippen LogP contribution in [-0.4, -0.2) is 54.7 Å². The van der Waals surface area contributed by atoms with E-state index in [1.807, 2.05) is 18.2 Å². The molecule has 0 atom stereocenters. The summed E-state index contributed by atoms with van der Waals surface area (Å²) in [6.45, 7) is 2.85. The highest BCUT2D eigenvalue weighted by Crippen LogP contribution is 2.39. The van der Waals surface area contributed by atoms with E-state index in [-0.39, 0.29) is 17.5 Å². The number of methoxy groups -OCH3 is 1. The third-order valence-electron chi connectivity index (χ3n) is 6.00. The highest BCUT2D eigenvalue weighted by molar-refractivity contribution is 6.12. The molecule has 0 radical (unpaired) electrons. The minimum atomic E-state index is -1.02. The van der Waals surface area contributed by atoms with E-state index in [1.165, 1.54) is 5.56 Å². The van der Waals surface area contributed by atoms with Crippen molar-refractivity contribution < 1.29 is 19.4 Å². The van der Waals surface area contributed by atoms with Gasteiger partial charge in [-0.1, -0.05) is 24.3 Å². The van der Waals surface area contributed by atoms with Gasteiger partial charge in [-0.2, -0.15) is 0 Å². The summed E-state index contributed by atoms with van der Waals surface area (Å²) in [7, 11) is 1.67. The number of amides is 1. The lowest BCUT2D eigenvalue weighted by atomic mass is 9.99. The Hall–Kier alpha value is -2.86. The number of allylic oxidation sites excluding steroid dienone is 4. The van der Waals surface area contributed by atoms with Crippen molar-refractivity contribution >= 4 is 11.9 Å². The number of nitrogens with zero attached hydrogens (tertiary/aromatic N) is 1. The van der Waals surface area contributed by atoms with Crippen LogP contribution in [0.4, 0.5) is 0 Å². The van der Waals surface area contributed by atoms with Gasteiger partial charge in [-0.15, -0.1) is 0 Å². The standard InChI is InChI=1S/C23H26N2O4/c1-29-19-6-2-15(3-7-19)8-11-25-12-9-18(10-13-25)24-22(26)20-16-4-5-17(14-16)21(20)23(27)28/h2-7,18H,8-14H2,1H3,(H,24,26)(H,27,28). The van der Waals surface area contributed by atoms with Crippen LogP contribution < -0.4 is 10.1 Å². The van der Waals surface area contributed by atoms with Crippen molar-refractivity contribution in [2.45, 2.75) is 31.7 Å². The zero-order chi connectivity index (χ0) is 20.4. The zero-order valence-electron chi connectivity index (χ0n) is 16.6. The van der Waals surface area contributed by atoms with Crippen molar-refractivity contribution in [3.8, 4) is 5.75 Å². The molecule has 1 aromatic carbocycles. The fourth-order valence-electron chi connectivity index (χ4n) is 4.33. The number of benzene rings is 1. The lowest BCUT2D eigenvalue weighted by Crippen LogP contribution is -2.45. The summed E-state index contributed by atoms with van der Waals surface area (Å²) >= 11 is 0. The van der Waals surface area contributed by atoms with Gasteiger partial charge in [0.05, 0.1) is 18.3 Å². The van der Waals surface area contributed by atoms with Gasteiger partial charge in [0.1, 0.15) is 5.75 Å². The normalized spacial score (nSPS) is 19.2. The number of fused-ring (bicyclic) bond motifs is 2. The quantitative estimate of drug-likeness (QED) is 0.743. The van der Waals surface area contributed by atoms with Crippen molar-refractivity contribution in [3.05, 3.63) is 64.3 Å². The molecule has 1 aliphatic heterocycles. The van der Waals surface area contributed by atoms with E-state index < -0.39 is 5.97 Å². The monoisotopic (exact) mass is 394 g/mol. The summed E-state index contributed by atoms with van der Waals surface area (Å²) in [5.74, 6) is -0.389. The van der Waals surface area contributed by atoms with Gasteiger partial charge >= 0.3 is 5.97 Å². The van der Waals surface area contributed by atoms with Crippen LogP contribution in [0, 0.1) is 0 Å². The molecule has 4 rings (SSSR count). The third kappa shape index (κ3) is 4.12. The first-order valence-corrected chi connectivity index (χ1v) is 10.1. The van der Waals surface area contributed by atoms with Crippen molar-refractivity contribution in [1.29, 1.82) is 0 Å². The van der Waals surface area contributed by atoms with Crippen LogP contribution in [-0.2, 0) is 16.0 Å². The fourth-order valence-corrected chi connectivity index (χ4v) is 4.33. The number of carbonyl (C=O) groups excluding carboxylic acids is 1. The Kier molecular flexibility index (Phi) is 5.53. The lowest BCUT2D eigenvalue weighted by Gasteiger charge is -2.32. The molecule has 2 aliphatic carbocycles. The maximum atomic E-state index is 12.7. The van der Waals surface area contributed by atoms with Crippen LogP contribution in [0.3, 0.4) is 0 Å². The average Bonchev–Trinajstić information content (AvgIpc) is 3.35. The molecule has 6 heteroatoms. The first-order valence-electron chi connectivity index (χ1n) is 10.1. The molecule has 0 unspecified atom stereocenters. The van der Waals surface area contributed by atoms with E-state index >= 15 is 0 Å². The topological polar surface area (TPSA) is 78.9 Å². The van der Waals surface area contributed by atoms with E-state index in [9.17, 15) is 14.7 Å². The first kappa shape index (κ1) is 19.5. The van der Waals surface area contributed by atoms with Crippen molar-refractivity contribution in [2.75, 3.05) is 26.7 Å². The van der Waals surface area contributed by atoms with Gasteiger partial charge in [-0.3, -0.25) is 4.79 Å². The number of ether oxygens (including phenoxy) is 1. The largest absolute Gasteiger partial charge is 0.497 e. The van der Waals surface area contributed by atoms with Crippen LogP contribution in [0.2, 0.25) is 0 Å². The summed E-state index contributed by atoms with van der Waals surface area (Å²) in [6, 6.07) is 8.25. The molecule has 0 spiro atoms. The number of hydrogen-bond acceptors (Lipinski definition) is 4. The summed E-state index contributed by atoms with van der Waals surface area (Å²) in [5.41, 5.74) is 3.39. The maximum absolute atomic E-state index is 12.7. The number of carboxylic acids is 1. The van der Waals surface area contributed by atoms with Crippen LogP contribution >= 0.6 is 0 Å². The summed E-state index contributed by atoms with van der Waals surface area (Å²) in [6.07, 6.45) is 6.97. The maximum Gasteiger partial charge on any atom is 0.336 e. The van der Waals surface area contributed by atoms with Crippen LogP contribution in [0.1, 0.15) is 24.8 Å². The minimum absolute atomic E-state index is 0.0935. The first-order chi connectivity index (χ1) is 14.0. The Balaban J connectivity index is 1.26. The number of hydrogen-bond donors (Lipinski definition) is 2. The third-order valence-corrected chi connectivity index (χ3v) is 6.00. The molecule has 1 heterocycles. The molecule has 1 aromatic rings. The number of nitrogens with one attached hydrogen (secondary N) is 1. The Morgan fingerprint density at radius 3 is 2.38 bits per heavy atom. The summed E-state index contributed by atoms with van der Waals surface area (Å²) in [5, 5.41) is 12.5. The van der Waals surface area contributed by atoms with Crippen molar-refractivity contribution in [3.63, 3.8) is 0 Å². The van der Waals surface area contributed by atoms with E-state index in [0.717, 1.165) is 55.8 Å². The molecule has 0 aromatic heterocycles.